The lowest BCUT2D eigenvalue weighted by Crippen LogP contribution is -2.33. The van der Waals surface area contributed by atoms with Gasteiger partial charge in [-0.2, -0.15) is 0 Å². The van der Waals surface area contributed by atoms with Gasteiger partial charge in [0.15, 0.2) is 11.5 Å². The minimum absolute atomic E-state index is 0.144. The monoisotopic (exact) mass is 464 g/mol. The van der Waals surface area contributed by atoms with Crippen LogP contribution in [0, 0.1) is 0 Å². The Balaban J connectivity index is 2.00. The molecule has 0 saturated heterocycles. The van der Waals surface area contributed by atoms with E-state index in [2.05, 4.69) is 5.32 Å². The summed E-state index contributed by atoms with van der Waals surface area (Å²) >= 11 is 0. The number of sulfonamides is 1. The molecular formula is C23H32N2O6S. The van der Waals surface area contributed by atoms with Gasteiger partial charge in [-0.25, -0.2) is 8.42 Å². The van der Waals surface area contributed by atoms with E-state index in [1.807, 2.05) is 25.1 Å². The largest absolute Gasteiger partial charge is 0.497 e. The maximum atomic E-state index is 12.6. The summed E-state index contributed by atoms with van der Waals surface area (Å²) in [6.07, 6.45) is 2.43. The van der Waals surface area contributed by atoms with Crippen molar-refractivity contribution in [1.29, 1.82) is 0 Å². The maximum Gasteiger partial charge on any atom is 0.232 e. The minimum Gasteiger partial charge on any atom is -0.497 e. The SMILES string of the molecule is CCC(NC(=O)CCCN(c1ccc(OC)cc1)S(C)(=O)=O)c1ccc(OC)c(OC)c1. The summed E-state index contributed by atoms with van der Waals surface area (Å²) in [7, 11) is 1.20. The van der Waals surface area contributed by atoms with Gasteiger partial charge in [0.05, 0.1) is 39.3 Å². The summed E-state index contributed by atoms with van der Waals surface area (Å²) in [5, 5.41) is 3.02. The lowest BCUT2D eigenvalue weighted by molar-refractivity contribution is -0.121. The summed E-state index contributed by atoms with van der Waals surface area (Å²) in [4.78, 5) is 12.6. The Morgan fingerprint density at radius 3 is 2.19 bits per heavy atom. The number of benzene rings is 2. The van der Waals surface area contributed by atoms with Crippen LogP contribution in [0.15, 0.2) is 42.5 Å². The van der Waals surface area contributed by atoms with Gasteiger partial charge in [-0.1, -0.05) is 13.0 Å². The van der Waals surface area contributed by atoms with Crippen LogP contribution in [0.25, 0.3) is 0 Å². The molecule has 2 aromatic rings. The van der Waals surface area contributed by atoms with E-state index in [1.54, 1.807) is 45.6 Å². The van der Waals surface area contributed by atoms with Crippen molar-refractivity contribution in [3.05, 3.63) is 48.0 Å². The first-order valence-electron chi connectivity index (χ1n) is 10.4. The van der Waals surface area contributed by atoms with Crippen LogP contribution >= 0.6 is 0 Å². The zero-order chi connectivity index (χ0) is 23.7. The van der Waals surface area contributed by atoms with Gasteiger partial charge in [-0.15, -0.1) is 0 Å². The van der Waals surface area contributed by atoms with Crippen LogP contribution < -0.4 is 23.8 Å². The quantitative estimate of drug-likeness (QED) is 0.517. The van der Waals surface area contributed by atoms with E-state index < -0.39 is 10.0 Å². The number of carbonyl (C=O) groups is 1. The zero-order valence-electron chi connectivity index (χ0n) is 19.3. The number of hydrogen-bond acceptors (Lipinski definition) is 6. The summed E-state index contributed by atoms with van der Waals surface area (Å²) < 4.78 is 41.5. The number of amides is 1. The Labute approximate surface area is 190 Å². The van der Waals surface area contributed by atoms with E-state index in [9.17, 15) is 13.2 Å². The van der Waals surface area contributed by atoms with Crippen LogP contribution in [0.4, 0.5) is 5.69 Å². The first kappa shape index (κ1) is 25.3. The lowest BCUT2D eigenvalue weighted by Gasteiger charge is -2.23. The van der Waals surface area contributed by atoms with Crippen molar-refractivity contribution in [3.63, 3.8) is 0 Å². The molecule has 1 atom stereocenters. The first-order chi connectivity index (χ1) is 15.2. The predicted molar refractivity (Wildman–Crippen MR) is 125 cm³/mol. The summed E-state index contributed by atoms with van der Waals surface area (Å²) in [5.41, 5.74) is 1.44. The number of rotatable bonds is 12. The average Bonchev–Trinajstić information content (AvgIpc) is 2.79. The lowest BCUT2D eigenvalue weighted by atomic mass is 10.0. The van der Waals surface area contributed by atoms with Crippen LogP contribution in [0.1, 0.15) is 37.8 Å². The van der Waals surface area contributed by atoms with E-state index in [0.29, 0.717) is 35.8 Å². The van der Waals surface area contributed by atoms with E-state index in [1.165, 1.54) is 4.31 Å². The third kappa shape index (κ3) is 6.78. The molecule has 2 aromatic carbocycles. The highest BCUT2D eigenvalue weighted by atomic mass is 32.2. The fraction of sp³-hybridized carbons (Fsp3) is 0.435. The van der Waals surface area contributed by atoms with Crippen LogP contribution in [0.3, 0.4) is 0 Å². The fourth-order valence-corrected chi connectivity index (χ4v) is 4.34. The van der Waals surface area contributed by atoms with Crippen molar-refractivity contribution in [3.8, 4) is 17.2 Å². The van der Waals surface area contributed by atoms with Gasteiger partial charge in [0.25, 0.3) is 0 Å². The van der Waals surface area contributed by atoms with Gasteiger partial charge in [0.1, 0.15) is 5.75 Å². The molecule has 1 N–H and O–H groups in total. The van der Waals surface area contributed by atoms with Gasteiger partial charge in [-0.3, -0.25) is 9.10 Å². The van der Waals surface area contributed by atoms with Gasteiger partial charge in [0.2, 0.25) is 15.9 Å². The maximum absolute atomic E-state index is 12.6. The second kappa shape index (κ2) is 11.6. The van der Waals surface area contributed by atoms with Crippen molar-refractivity contribution in [2.45, 2.75) is 32.2 Å². The Kier molecular flexibility index (Phi) is 9.19. The molecule has 2 rings (SSSR count). The van der Waals surface area contributed by atoms with Crippen LogP contribution in [-0.2, 0) is 14.8 Å². The molecule has 0 aromatic heterocycles. The molecule has 8 nitrogen and oxygen atoms in total. The van der Waals surface area contributed by atoms with Crippen molar-refractivity contribution in [2.24, 2.45) is 0 Å². The first-order valence-corrected chi connectivity index (χ1v) is 12.2. The van der Waals surface area contributed by atoms with Gasteiger partial charge < -0.3 is 19.5 Å². The highest BCUT2D eigenvalue weighted by molar-refractivity contribution is 7.92. The molecule has 0 aliphatic rings. The van der Waals surface area contributed by atoms with Crippen molar-refractivity contribution in [2.75, 3.05) is 38.4 Å². The normalized spacial score (nSPS) is 12.0. The molecule has 1 amide bonds. The molecule has 0 aliphatic heterocycles. The third-order valence-electron chi connectivity index (χ3n) is 5.08. The summed E-state index contributed by atoms with van der Waals surface area (Å²) in [6.45, 7) is 2.18. The summed E-state index contributed by atoms with van der Waals surface area (Å²) in [6, 6.07) is 12.1. The van der Waals surface area contributed by atoms with Crippen LogP contribution in [0.5, 0.6) is 17.2 Å². The second-order valence-corrected chi connectivity index (χ2v) is 9.19. The predicted octanol–water partition coefficient (Wildman–Crippen LogP) is 3.53. The number of nitrogens with zero attached hydrogens (tertiary/aromatic N) is 1. The Morgan fingerprint density at radius 2 is 1.66 bits per heavy atom. The van der Waals surface area contributed by atoms with Crippen LogP contribution in [-0.4, -0.2) is 48.5 Å². The molecular weight excluding hydrogens is 432 g/mol. The Bertz CT molecular complexity index is 992. The van der Waals surface area contributed by atoms with Gasteiger partial charge in [-0.05, 0) is 54.8 Å². The number of hydrogen-bond donors (Lipinski definition) is 1. The average molecular weight is 465 g/mol. The minimum atomic E-state index is -3.49. The van der Waals surface area contributed by atoms with E-state index in [4.69, 9.17) is 14.2 Å². The molecule has 9 heteroatoms. The van der Waals surface area contributed by atoms with E-state index in [-0.39, 0.29) is 24.9 Å². The molecule has 0 bridgehead atoms. The highest BCUT2D eigenvalue weighted by Crippen LogP contribution is 2.31. The molecule has 0 radical (unpaired) electrons. The van der Waals surface area contributed by atoms with Crippen molar-refractivity contribution >= 4 is 21.6 Å². The molecule has 1 unspecified atom stereocenters. The molecule has 0 fully saturated rings. The Hall–Kier alpha value is -2.94. The molecule has 176 valence electrons. The summed E-state index contributed by atoms with van der Waals surface area (Å²) in [5.74, 6) is 1.72. The smallest absolute Gasteiger partial charge is 0.232 e. The van der Waals surface area contributed by atoms with Gasteiger partial charge >= 0.3 is 0 Å². The number of ether oxygens (including phenoxy) is 3. The number of anilines is 1. The van der Waals surface area contributed by atoms with Crippen molar-refractivity contribution in [1.82, 2.24) is 5.32 Å². The van der Waals surface area contributed by atoms with E-state index >= 15 is 0 Å². The second-order valence-electron chi connectivity index (χ2n) is 7.28. The number of nitrogens with one attached hydrogen (secondary N) is 1. The zero-order valence-corrected chi connectivity index (χ0v) is 20.1. The van der Waals surface area contributed by atoms with Crippen molar-refractivity contribution < 1.29 is 27.4 Å². The fourth-order valence-electron chi connectivity index (χ4n) is 3.38. The molecule has 0 spiro atoms. The van der Waals surface area contributed by atoms with Crippen LogP contribution in [0.2, 0.25) is 0 Å². The number of methoxy groups -OCH3 is 3. The number of carbonyl (C=O) groups excluding carboxylic acids is 1. The molecule has 0 saturated carbocycles. The standard InChI is InChI=1S/C23H32N2O6S/c1-6-20(17-9-14-21(30-3)22(16-17)31-4)24-23(26)8-7-15-25(32(5,27)28)18-10-12-19(29-2)13-11-18/h9-14,16,20H,6-8,15H2,1-5H3,(H,24,26). The Morgan fingerprint density at radius 1 is 1.00 bits per heavy atom. The molecule has 0 aliphatic carbocycles. The molecule has 32 heavy (non-hydrogen) atoms. The van der Waals surface area contributed by atoms with Gasteiger partial charge in [0, 0.05) is 13.0 Å². The molecule has 0 heterocycles. The third-order valence-corrected chi connectivity index (χ3v) is 6.27. The van der Waals surface area contributed by atoms with E-state index in [0.717, 1.165) is 11.8 Å². The highest BCUT2D eigenvalue weighted by Gasteiger charge is 2.19. The topological polar surface area (TPSA) is 94.2 Å².